The highest BCUT2D eigenvalue weighted by atomic mass is 32.2. The Morgan fingerprint density at radius 2 is 1.88 bits per heavy atom. The minimum atomic E-state index is -3.90. The molecular weight excluding hydrogens is 376 g/mol. The number of fused-ring (bicyclic) bond motifs is 1. The molecule has 0 bridgehead atoms. The van der Waals surface area contributed by atoms with Gasteiger partial charge in [-0.05, 0) is 55.0 Å². The summed E-state index contributed by atoms with van der Waals surface area (Å²) in [6, 6.07) is 7.69. The van der Waals surface area contributed by atoms with Crippen LogP contribution in [0.2, 0.25) is 0 Å². The van der Waals surface area contributed by atoms with E-state index in [4.69, 9.17) is 5.11 Å². The molecule has 2 aromatic rings. The number of benzene rings is 1. The predicted octanol–water partition coefficient (Wildman–Crippen LogP) is 1.88. The lowest BCUT2D eigenvalue weighted by Gasteiger charge is -2.08. The predicted molar refractivity (Wildman–Crippen MR) is 96.5 cm³/mol. The summed E-state index contributed by atoms with van der Waals surface area (Å²) in [4.78, 5) is 26.5. The highest BCUT2D eigenvalue weighted by Crippen LogP contribution is 2.30. The normalized spacial score (nSPS) is 13.4. The van der Waals surface area contributed by atoms with Crippen LogP contribution < -0.4 is 10.3 Å². The first-order valence-electron chi connectivity index (χ1n) is 8.09. The highest BCUT2D eigenvalue weighted by molar-refractivity contribution is 7.89. The first-order chi connectivity index (χ1) is 12.3. The molecule has 3 N–H and O–H groups in total. The molecule has 7 nitrogen and oxygen atoms in total. The number of aliphatic carboxylic acids is 1. The topological polar surface area (TPSA) is 113 Å². The van der Waals surface area contributed by atoms with Crippen molar-refractivity contribution < 1.29 is 23.1 Å². The van der Waals surface area contributed by atoms with E-state index in [0.717, 1.165) is 24.8 Å². The summed E-state index contributed by atoms with van der Waals surface area (Å²) >= 11 is 1.39. The van der Waals surface area contributed by atoms with Crippen LogP contribution in [0.4, 0.5) is 0 Å². The molecule has 0 radical (unpaired) electrons. The molecule has 138 valence electrons. The van der Waals surface area contributed by atoms with Crippen LogP contribution in [-0.2, 0) is 34.1 Å². The van der Waals surface area contributed by atoms with Gasteiger partial charge in [-0.3, -0.25) is 15.0 Å². The third kappa shape index (κ3) is 4.29. The van der Waals surface area contributed by atoms with Crippen LogP contribution in [0.5, 0.6) is 0 Å². The van der Waals surface area contributed by atoms with Crippen molar-refractivity contribution in [3.8, 4) is 0 Å². The van der Waals surface area contributed by atoms with Gasteiger partial charge in [-0.25, -0.2) is 8.42 Å². The number of carboxylic acids is 1. The minimum absolute atomic E-state index is 0.00875. The molecule has 0 saturated heterocycles. The van der Waals surface area contributed by atoms with Gasteiger partial charge in [0, 0.05) is 11.3 Å². The van der Waals surface area contributed by atoms with Crippen LogP contribution in [-0.4, -0.2) is 25.4 Å². The van der Waals surface area contributed by atoms with E-state index in [1.165, 1.54) is 33.9 Å². The summed E-state index contributed by atoms with van der Waals surface area (Å²) in [5.74, 6) is -1.39. The summed E-state index contributed by atoms with van der Waals surface area (Å²) in [5.41, 5.74) is 4.13. The maximum Gasteiger partial charge on any atom is 0.303 e. The lowest BCUT2D eigenvalue weighted by Crippen LogP contribution is -2.41. The first kappa shape index (κ1) is 18.6. The number of thiophene rings is 1. The smallest absolute Gasteiger partial charge is 0.303 e. The second-order valence-corrected chi connectivity index (χ2v) is 8.83. The van der Waals surface area contributed by atoms with Gasteiger partial charge >= 0.3 is 5.97 Å². The molecule has 0 spiro atoms. The van der Waals surface area contributed by atoms with Crippen LogP contribution in [0.1, 0.15) is 38.5 Å². The molecule has 0 fully saturated rings. The van der Waals surface area contributed by atoms with E-state index in [1.807, 2.05) is 6.07 Å². The minimum Gasteiger partial charge on any atom is -0.481 e. The third-order valence-corrected chi connectivity index (χ3v) is 6.63. The number of hydrazine groups is 1. The molecule has 0 unspecified atom stereocenters. The molecule has 1 aromatic heterocycles. The number of amides is 1. The maximum atomic E-state index is 12.3. The molecule has 0 saturated carbocycles. The molecule has 1 amide bonds. The Bertz CT molecular complexity index is 911. The summed E-state index contributed by atoms with van der Waals surface area (Å²) in [7, 11) is -3.90. The molecule has 0 aliphatic heterocycles. The highest BCUT2D eigenvalue weighted by Gasteiger charge is 2.20. The van der Waals surface area contributed by atoms with Crippen molar-refractivity contribution in [2.24, 2.45) is 0 Å². The summed E-state index contributed by atoms with van der Waals surface area (Å²) in [6.45, 7) is 0. The number of hydrogen-bond acceptors (Lipinski definition) is 5. The van der Waals surface area contributed by atoms with Gasteiger partial charge in [0.05, 0.1) is 9.77 Å². The second kappa shape index (κ2) is 7.56. The number of carbonyl (C=O) groups is 2. The number of sulfonamides is 1. The fourth-order valence-corrected chi connectivity index (χ4v) is 4.75. The zero-order valence-electron chi connectivity index (χ0n) is 13.8. The molecule has 1 heterocycles. The molecular formula is C17H18N2O5S2. The third-order valence-electron chi connectivity index (χ3n) is 4.13. The van der Waals surface area contributed by atoms with Gasteiger partial charge in [0.2, 0.25) is 0 Å². The molecule has 0 atom stereocenters. The van der Waals surface area contributed by atoms with E-state index >= 15 is 0 Å². The van der Waals surface area contributed by atoms with Crippen LogP contribution in [0.3, 0.4) is 0 Å². The molecule has 9 heteroatoms. The van der Waals surface area contributed by atoms with Gasteiger partial charge in [-0.1, -0.05) is 12.1 Å². The number of aryl methyl sites for hydroxylation is 3. The average Bonchev–Trinajstić information content (AvgIpc) is 3.20. The summed E-state index contributed by atoms with van der Waals surface area (Å²) in [5, 5.41) is 8.67. The van der Waals surface area contributed by atoms with Gasteiger partial charge in [0.1, 0.15) is 0 Å². The van der Waals surface area contributed by atoms with Crippen LogP contribution in [0, 0.1) is 0 Å². The summed E-state index contributed by atoms with van der Waals surface area (Å²) < 4.78 is 24.5. The maximum absolute atomic E-state index is 12.3. The molecule has 1 aliphatic carbocycles. The standard InChI is InChI=1S/C17H18N2O5S2/c20-16(21)9-6-11-4-7-13(8-5-11)26(23,24)19-18-17(22)15-10-12-2-1-3-14(12)25-15/h4-5,7-8,10,19H,1-3,6,9H2,(H,18,22)(H,20,21). The number of nitrogens with one attached hydrogen (secondary N) is 2. The molecule has 1 aromatic carbocycles. The lowest BCUT2D eigenvalue weighted by atomic mass is 10.1. The SMILES string of the molecule is O=C(O)CCc1ccc(S(=O)(=O)NNC(=O)c2cc3c(s2)CCC3)cc1. The Labute approximate surface area is 155 Å². The zero-order chi connectivity index (χ0) is 18.7. The molecule has 1 aliphatic rings. The first-order valence-corrected chi connectivity index (χ1v) is 10.4. The lowest BCUT2D eigenvalue weighted by molar-refractivity contribution is -0.136. The van der Waals surface area contributed by atoms with E-state index in [2.05, 4.69) is 10.3 Å². The Kier molecular flexibility index (Phi) is 5.40. The van der Waals surface area contributed by atoms with Gasteiger partial charge < -0.3 is 5.11 Å². The van der Waals surface area contributed by atoms with Crippen molar-refractivity contribution in [1.29, 1.82) is 0 Å². The second-order valence-electron chi connectivity index (χ2n) is 6.01. The van der Waals surface area contributed by atoms with Gasteiger partial charge in [-0.15, -0.1) is 16.2 Å². The van der Waals surface area contributed by atoms with Gasteiger partial charge in [0.15, 0.2) is 0 Å². The zero-order valence-corrected chi connectivity index (χ0v) is 15.5. The van der Waals surface area contributed by atoms with E-state index in [9.17, 15) is 18.0 Å². The van der Waals surface area contributed by atoms with Crippen molar-refractivity contribution in [3.05, 3.63) is 51.2 Å². The number of carboxylic acid groups (broad SMARTS) is 1. The number of rotatable bonds is 7. The number of hydrogen-bond donors (Lipinski definition) is 3. The fraction of sp³-hybridized carbons (Fsp3) is 0.294. The Balaban J connectivity index is 1.61. The van der Waals surface area contributed by atoms with Crippen molar-refractivity contribution in [1.82, 2.24) is 10.3 Å². The fourth-order valence-electron chi connectivity index (χ4n) is 2.76. The van der Waals surface area contributed by atoms with Gasteiger partial charge in [0.25, 0.3) is 15.9 Å². The van der Waals surface area contributed by atoms with Crippen molar-refractivity contribution in [2.75, 3.05) is 0 Å². The van der Waals surface area contributed by atoms with Crippen LogP contribution in [0.15, 0.2) is 35.2 Å². The average molecular weight is 394 g/mol. The van der Waals surface area contributed by atoms with E-state index in [1.54, 1.807) is 12.1 Å². The number of carbonyl (C=O) groups excluding carboxylic acids is 1. The van der Waals surface area contributed by atoms with E-state index in [-0.39, 0.29) is 11.3 Å². The Morgan fingerprint density at radius 3 is 2.54 bits per heavy atom. The monoisotopic (exact) mass is 394 g/mol. The molecule has 26 heavy (non-hydrogen) atoms. The van der Waals surface area contributed by atoms with Crippen LogP contribution >= 0.6 is 11.3 Å². The van der Waals surface area contributed by atoms with Crippen LogP contribution in [0.25, 0.3) is 0 Å². The summed E-state index contributed by atoms with van der Waals surface area (Å²) in [6.07, 6.45) is 3.32. The van der Waals surface area contributed by atoms with Gasteiger partial charge in [-0.2, -0.15) is 0 Å². The van der Waals surface area contributed by atoms with Crippen molar-refractivity contribution in [3.63, 3.8) is 0 Å². The quantitative estimate of drug-likeness (QED) is 0.621. The van der Waals surface area contributed by atoms with E-state index in [0.29, 0.717) is 11.3 Å². The Morgan fingerprint density at radius 1 is 1.15 bits per heavy atom. The van der Waals surface area contributed by atoms with E-state index < -0.39 is 21.9 Å². The Hall–Kier alpha value is -2.23. The molecule has 3 rings (SSSR count). The van der Waals surface area contributed by atoms with Crippen molar-refractivity contribution in [2.45, 2.75) is 37.0 Å². The largest absolute Gasteiger partial charge is 0.481 e. The van der Waals surface area contributed by atoms with Crippen molar-refractivity contribution >= 4 is 33.2 Å².